The minimum Gasteiger partial charge on any atom is -0.349 e. The van der Waals surface area contributed by atoms with Crippen molar-refractivity contribution in [2.24, 2.45) is 0 Å². The van der Waals surface area contributed by atoms with Crippen LogP contribution in [0.4, 0.5) is 4.79 Å². The highest BCUT2D eigenvalue weighted by Crippen LogP contribution is 2.13. The van der Waals surface area contributed by atoms with Crippen LogP contribution in [0.1, 0.15) is 35.7 Å². The molecular weight excluding hydrogens is 354 g/mol. The Hall–Kier alpha value is -1.86. The Morgan fingerprint density at radius 2 is 1.92 bits per heavy atom. The van der Waals surface area contributed by atoms with Crippen LogP contribution in [0.5, 0.6) is 0 Å². The van der Waals surface area contributed by atoms with E-state index in [0.717, 1.165) is 19.3 Å². The first kappa shape index (κ1) is 17.9. The summed E-state index contributed by atoms with van der Waals surface area (Å²) in [5, 5.41) is 14.1. The first-order valence-corrected chi connectivity index (χ1v) is 10.4. The molecule has 1 fully saturated rings. The summed E-state index contributed by atoms with van der Waals surface area (Å²) in [6, 6.07) is 4.16. The summed E-state index contributed by atoms with van der Waals surface area (Å²) in [4.78, 5) is 26.3. The molecule has 25 heavy (non-hydrogen) atoms. The fraction of sp³-hybridized carbons (Fsp3) is 0.444. The SMILES string of the molecule is C[C@H](Cc1ccsc1)NC(=O)N1CCC(NC(=O)c2ccsc2)CC1. The monoisotopic (exact) mass is 377 g/mol. The number of hydrogen-bond donors (Lipinski definition) is 2. The summed E-state index contributed by atoms with van der Waals surface area (Å²) in [6.45, 7) is 3.38. The molecule has 0 spiro atoms. The number of likely N-dealkylation sites (tertiary alicyclic amines) is 1. The third-order valence-electron chi connectivity index (χ3n) is 4.39. The molecule has 0 radical (unpaired) electrons. The van der Waals surface area contributed by atoms with Crippen LogP contribution in [-0.4, -0.2) is 42.0 Å². The van der Waals surface area contributed by atoms with E-state index in [0.29, 0.717) is 18.7 Å². The Morgan fingerprint density at radius 3 is 2.56 bits per heavy atom. The molecule has 0 saturated carbocycles. The number of urea groups is 1. The second-order valence-corrected chi connectivity index (χ2v) is 7.99. The number of carbonyl (C=O) groups excluding carboxylic acids is 2. The second kappa shape index (κ2) is 8.49. The summed E-state index contributed by atoms with van der Waals surface area (Å²) in [6.07, 6.45) is 2.44. The quantitative estimate of drug-likeness (QED) is 0.839. The Morgan fingerprint density at radius 1 is 1.20 bits per heavy atom. The van der Waals surface area contributed by atoms with Crippen LogP contribution in [0.15, 0.2) is 33.7 Å². The van der Waals surface area contributed by atoms with Gasteiger partial charge in [0.1, 0.15) is 0 Å². The van der Waals surface area contributed by atoms with Gasteiger partial charge >= 0.3 is 6.03 Å². The van der Waals surface area contributed by atoms with Gasteiger partial charge in [0.25, 0.3) is 5.91 Å². The number of hydrogen-bond acceptors (Lipinski definition) is 4. The van der Waals surface area contributed by atoms with Crippen molar-refractivity contribution < 1.29 is 9.59 Å². The van der Waals surface area contributed by atoms with Gasteiger partial charge in [-0.05, 0) is 60.0 Å². The third-order valence-corrected chi connectivity index (χ3v) is 5.81. The Balaban J connectivity index is 1.40. The molecule has 0 aliphatic carbocycles. The topological polar surface area (TPSA) is 61.4 Å². The lowest BCUT2D eigenvalue weighted by atomic mass is 10.0. The van der Waals surface area contributed by atoms with E-state index >= 15 is 0 Å². The summed E-state index contributed by atoms with van der Waals surface area (Å²) in [5.74, 6) is -0.0199. The number of nitrogens with zero attached hydrogens (tertiary/aromatic N) is 1. The van der Waals surface area contributed by atoms with Gasteiger partial charge in [-0.15, -0.1) is 0 Å². The zero-order valence-electron chi connectivity index (χ0n) is 14.2. The fourth-order valence-electron chi connectivity index (χ4n) is 3.00. The van der Waals surface area contributed by atoms with Crippen molar-refractivity contribution in [3.05, 3.63) is 44.8 Å². The van der Waals surface area contributed by atoms with Crippen LogP contribution in [0.2, 0.25) is 0 Å². The number of rotatable bonds is 5. The van der Waals surface area contributed by atoms with Gasteiger partial charge in [0, 0.05) is 36.1 Å². The molecule has 3 amide bonds. The summed E-state index contributed by atoms with van der Waals surface area (Å²) in [7, 11) is 0. The zero-order valence-corrected chi connectivity index (χ0v) is 15.9. The maximum absolute atomic E-state index is 12.4. The normalized spacial score (nSPS) is 16.4. The first-order valence-electron chi connectivity index (χ1n) is 8.51. The maximum Gasteiger partial charge on any atom is 0.317 e. The minimum absolute atomic E-state index is 0.00894. The lowest BCUT2D eigenvalue weighted by molar-refractivity contribution is 0.0918. The van der Waals surface area contributed by atoms with Crippen LogP contribution in [0.3, 0.4) is 0 Å². The maximum atomic E-state index is 12.4. The molecule has 0 bridgehead atoms. The molecule has 2 aromatic heterocycles. The van der Waals surface area contributed by atoms with Crippen molar-refractivity contribution in [1.29, 1.82) is 0 Å². The average Bonchev–Trinajstić information content (AvgIpc) is 3.29. The number of piperidine rings is 1. The molecule has 1 saturated heterocycles. The lowest BCUT2D eigenvalue weighted by Gasteiger charge is -2.33. The van der Waals surface area contributed by atoms with Gasteiger partial charge in [0.2, 0.25) is 0 Å². The molecule has 7 heteroatoms. The first-order chi connectivity index (χ1) is 12.1. The van der Waals surface area contributed by atoms with Crippen molar-refractivity contribution in [2.45, 2.75) is 38.3 Å². The predicted octanol–water partition coefficient (Wildman–Crippen LogP) is 3.34. The summed E-state index contributed by atoms with van der Waals surface area (Å²) >= 11 is 3.20. The molecule has 5 nitrogen and oxygen atoms in total. The molecule has 1 atom stereocenters. The van der Waals surface area contributed by atoms with E-state index in [4.69, 9.17) is 0 Å². The second-order valence-electron chi connectivity index (χ2n) is 6.43. The van der Waals surface area contributed by atoms with Crippen molar-refractivity contribution in [3.63, 3.8) is 0 Å². The molecule has 1 aliphatic rings. The van der Waals surface area contributed by atoms with E-state index in [1.165, 1.54) is 16.9 Å². The van der Waals surface area contributed by atoms with Crippen LogP contribution in [0.25, 0.3) is 0 Å². The zero-order chi connectivity index (χ0) is 17.6. The Kier molecular flexibility index (Phi) is 6.09. The smallest absolute Gasteiger partial charge is 0.317 e. The van der Waals surface area contributed by atoms with Crippen molar-refractivity contribution in [1.82, 2.24) is 15.5 Å². The van der Waals surface area contributed by atoms with Crippen molar-refractivity contribution in [2.75, 3.05) is 13.1 Å². The standard InChI is InChI=1S/C18H23N3O2S2/c1-13(10-14-4-8-24-11-14)19-18(23)21-6-2-16(3-7-21)20-17(22)15-5-9-25-12-15/h4-5,8-9,11-13,16H,2-3,6-7,10H2,1H3,(H,19,23)(H,20,22)/t13-/m1/s1. The largest absolute Gasteiger partial charge is 0.349 e. The van der Waals surface area contributed by atoms with Gasteiger partial charge in [-0.25, -0.2) is 4.79 Å². The van der Waals surface area contributed by atoms with Gasteiger partial charge in [0.05, 0.1) is 0 Å². The van der Waals surface area contributed by atoms with E-state index in [-0.39, 0.29) is 24.0 Å². The fourth-order valence-corrected chi connectivity index (χ4v) is 4.32. The van der Waals surface area contributed by atoms with Gasteiger partial charge in [-0.3, -0.25) is 4.79 Å². The summed E-state index contributed by atoms with van der Waals surface area (Å²) < 4.78 is 0. The minimum atomic E-state index is -0.0199. The Bertz CT molecular complexity index is 677. The molecular formula is C18H23N3O2S2. The lowest BCUT2D eigenvalue weighted by Crippen LogP contribution is -2.51. The average molecular weight is 378 g/mol. The van der Waals surface area contributed by atoms with Crippen LogP contribution < -0.4 is 10.6 Å². The molecule has 2 aromatic rings. The number of nitrogens with one attached hydrogen (secondary N) is 2. The highest BCUT2D eigenvalue weighted by atomic mass is 32.1. The van der Waals surface area contributed by atoms with Gasteiger partial charge in [0.15, 0.2) is 0 Å². The molecule has 0 unspecified atom stereocenters. The predicted molar refractivity (Wildman–Crippen MR) is 102 cm³/mol. The van der Waals surface area contributed by atoms with E-state index < -0.39 is 0 Å². The van der Waals surface area contributed by atoms with Gasteiger partial charge in [-0.2, -0.15) is 22.7 Å². The molecule has 3 heterocycles. The van der Waals surface area contributed by atoms with Crippen LogP contribution in [0, 0.1) is 0 Å². The number of carbonyl (C=O) groups is 2. The van der Waals surface area contributed by atoms with E-state index in [1.54, 1.807) is 11.3 Å². The summed E-state index contributed by atoms with van der Waals surface area (Å²) in [5.41, 5.74) is 1.97. The van der Waals surface area contributed by atoms with Crippen LogP contribution in [-0.2, 0) is 6.42 Å². The van der Waals surface area contributed by atoms with E-state index in [2.05, 4.69) is 27.5 Å². The third kappa shape index (κ3) is 5.06. The number of amides is 3. The highest BCUT2D eigenvalue weighted by Gasteiger charge is 2.24. The Labute approximate surface area is 156 Å². The molecule has 0 aromatic carbocycles. The molecule has 2 N–H and O–H groups in total. The van der Waals surface area contributed by atoms with Crippen molar-refractivity contribution >= 4 is 34.6 Å². The van der Waals surface area contributed by atoms with E-state index in [9.17, 15) is 9.59 Å². The van der Waals surface area contributed by atoms with E-state index in [1.807, 2.05) is 28.7 Å². The molecule has 1 aliphatic heterocycles. The van der Waals surface area contributed by atoms with Crippen molar-refractivity contribution in [3.8, 4) is 0 Å². The highest BCUT2D eigenvalue weighted by molar-refractivity contribution is 7.08. The number of thiophene rings is 2. The molecule has 3 rings (SSSR count). The molecule has 134 valence electrons. The van der Waals surface area contributed by atoms with Gasteiger partial charge < -0.3 is 15.5 Å². The van der Waals surface area contributed by atoms with Gasteiger partial charge in [-0.1, -0.05) is 0 Å². The van der Waals surface area contributed by atoms with Crippen LogP contribution >= 0.6 is 22.7 Å².